The van der Waals surface area contributed by atoms with Gasteiger partial charge in [-0.25, -0.2) is 0 Å². The minimum absolute atomic E-state index is 0.522. The predicted octanol–water partition coefficient (Wildman–Crippen LogP) is 1.31. The standard InChI is InChI=1S/C10H22O2.2CH4O/c1-3-4-5-6-7-8-10(12)9(2)11;2*1-2/h9-12H,3-8H2,1-2H3;2*2H,1H3/t9-,10+;;/m1../s1. The van der Waals surface area contributed by atoms with Gasteiger partial charge < -0.3 is 20.4 Å². The third-order valence-corrected chi connectivity index (χ3v) is 2.16. The van der Waals surface area contributed by atoms with E-state index < -0.39 is 12.2 Å². The van der Waals surface area contributed by atoms with Crippen LogP contribution in [0.4, 0.5) is 0 Å². The van der Waals surface area contributed by atoms with Gasteiger partial charge in [-0.1, -0.05) is 39.0 Å². The molecule has 16 heavy (non-hydrogen) atoms. The zero-order valence-electron chi connectivity index (χ0n) is 11.2. The number of hydrogen-bond acceptors (Lipinski definition) is 4. The van der Waals surface area contributed by atoms with Crippen molar-refractivity contribution >= 4 is 0 Å². The van der Waals surface area contributed by atoms with Crippen LogP contribution in [0.3, 0.4) is 0 Å². The first kappa shape index (κ1) is 21.2. The van der Waals surface area contributed by atoms with Gasteiger partial charge in [0.1, 0.15) is 0 Å². The summed E-state index contributed by atoms with van der Waals surface area (Å²) in [4.78, 5) is 0. The van der Waals surface area contributed by atoms with Gasteiger partial charge in [-0.05, 0) is 13.3 Å². The molecule has 2 atom stereocenters. The van der Waals surface area contributed by atoms with Crippen molar-refractivity contribution in [2.45, 2.75) is 64.6 Å². The van der Waals surface area contributed by atoms with Crippen molar-refractivity contribution in [3.8, 4) is 0 Å². The van der Waals surface area contributed by atoms with Gasteiger partial charge in [0, 0.05) is 14.2 Å². The predicted molar refractivity (Wildman–Crippen MR) is 67.3 cm³/mol. The zero-order valence-corrected chi connectivity index (χ0v) is 11.2. The largest absolute Gasteiger partial charge is 0.400 e. The average molecular weight is 238 g/mol. The summed E-state index contributed by atoms with van der Waals surface area (Å²) in [6.07, 6.45) is 5.64. The SMILES string of the molecule is CCCCCCC[C@H](O)[C@@H](C)O.CO.CO. The highest BCUT2D eigenvalue weighted by Crippen LogP contribution is 2.08. The molecule has 0 heterocycles. The molecule has 4 nitrogen and oxygen atoms in total. The van der Waals surface area contributed by atoms with E-state index in [1.165, 1.54) is 25.7 Å². The highest BCUT2D eigenvalue weighted by atomic mass is 16.3. The first-order valence-corrected chi connectivity index (χ1v) is 5.94. The fourth-order valence-corrected chi connectivity index (χ4v) is 1.20. The Kier molecular flexibility index (Phi) is 26.8. The van der Waals surface area contributed by atoms with E-state index in [-0.39, 0.29) is 0 Å². The van der Waals surface area contributed by atoms with Crippen molar-refractivity contribution in [3.63, 3.8) is 0 Å². The highest BCUT2D eigenvalue weighted by molar-refractivity contribution is 4.61. The lowest BCUT2D eigenvalue weighted by Crippen LogP contribution is -2.21. The topological polar surface area (TPSA) is 80.9 Å². The number of aliphatic hydroxyl groups is 4. The van der Waals surface area contributed by atoms with Crippen LogP contribution in [0.1, 0.15) is 52.4 Å². The van der Waals surface area contributed by atoms with Crippen LogP contribution in [0, 0.1) is 0 Å². The van der Waals surface area contributed by atoms with Crippen molar-refractivity contribution in [2.75, 3.05) is 14.2 Å². The fraction of sp³-hybridized carbons (Fsp3) is 1.00. The van der Waals surface area contributed by atoms with E-state index in [2.05, 4.69) is 6.92 Å². The fourth-order valence-electron chi connectivity index (χ4n) is 1.20. The third kappa shape index (κ3) is 19.4. The number of aliphatic hydroxyl groups excluding tert-OH is 4. The summed E-state index contributed by atoms with van der Waals surface area (Å²) in [5.74, 6) is 0. The Hall–Kier alpha value is -0.160. The van der Waals surface area contributed by atoms with Crippen LogP contribution in [0.25, 0.3) is 0 Å². The van der Waals surface area contributed by atoms with E-state index in [0.29, 0.717) is 0 Å². The van der Waals surface area contributed by atoms with Crippen LogP contribution in [0.2, 0.25) is 0 Å². The molecule has 0 fully saturated rings. The molecule has 0 aromatic heterocycles. The molecule has 0 unspecified atom stereocenters. The average Bonchev–Trinajstić information content (AvgIpc) is 2.33. The van der Waals surface area contributed by atoms with Crippen LogP contribution in [0.5, 0.6) is 0 Å². The lowest BCUT2D eigenvalue weighted by molar-refractivity contribution is 0.0247. The second-order valence-corrected chi connectivity index (χ2v) is 3.51. The van der Waals surface area contributed by atoms with E-state index in [9.17, 15) is 5.11 Å². The number of hydrogen-bond donors (Lipinski definition) is 4. The molecule has 0 aromatic rings. The van der Waals surface area contributed by atoms with E-state index in [0.717, 1.165) is 27.1 Å². The molecule has 4 heteroatoms. The summed E-state index contributed by atoms with van der Waals surface area (Å²) >= 11 is 0. The van der Waals surface area contributed by atoms with Crippen molar-refractivity contribution in [2.24, 2.45) is 0 Å². The molecule has 0 saturated carbocycles. The molecule has 0 rings (SSSR count). The van der Waals surface area contributed by atoms with E-state index in [1.807, 2.05) is 0 Å². The monoisotopic (exact) mass is 238 g/mol. The van der Waals surface area contributed by atoms with Crippen molar-refractivity contribution in [1.29, 1.82) is 0 Å². The van der Waals surface area contributed by atoms with Gasteiger partial charge in [0.15, 0.2) is 0 Å². The smallest absolute Gasteiger partial charge is 0.0796 e. The third-order valence-electron chi connectivity index (χ3n) is 2.16. The summed E-state index contributed by atoms with van der Waals surface area (Å²) < 4.78 is 0. The Morgan fingerprint density at radius 2 is 1.25 bits per heavy atom. The molecule has 0 amide bonds. The number of unbranched alkanes of at least 4 members (excludes halogenated alkanes) is 4. The summed E-state index contributed by atoms with van der Waals surface area (Å²) in [5, 5.41) is 32.2. The van der Waals surface area contributed by atoms with Crippen molar-refractivity contribution in [1.82, 2.24) is 0 Å². The molecule has 0 spiro atoms. The molecule has 102 valence electrons. The first-order chi connectivity index (χ1) is 7.68. The van der Waals surface area contributed by atoms with Gasteiger partial charge in [0.05, 0.1) is 12.2 Å². The quantitative estimate of drug-likeness (QED) is 0.504. The maximum atomic E-state index is 9.23. The van der Waals surface area contributed by atoms with Gasteiger partial charge in [0.2, 0.25) is 0 Å². The van der Waals surface area contributed by atoms with Crippen molar-refractivity contribution < 1.29 is 20.4 Å². The summed E-state index contributed by atoms with van der Waals surface area (Å²) in [5.41, 5.74) is 0. The zero-order chi connectivity index (χ0) is 13.4. The van der Waals surface area contributed by atoms with Crippen LogP contribution in [-0.2, 0) is 0 Å². The Bertz CT molecular complexity index is 97.0. The molecule has 0 radical (unpaired) electrons. The summed E-state index contributed by atoms with van der Waals surface area (Å²) in [6.45, 7) is 3.82. The molecule has 0 aliphatic rings. The lowest BCUT2D eigenvalue weighted by Gasteiger charge is -2.12. The van der Waals surface area contributed by atoms with Gasteiger partial charge in [0.25, 0.3) is 0 Å². The molecule has 0 aromatic carbocycles. The molecule has 0 aliphatic heterocycles. The molecule has 4 N–H and O–H groups in total. The summed E-state index contributed by atoms with van der Waals surface area (Å²) in [7, 11) is 2.00. The Morgan fingerprint density at radius 1 is 0.812 bits per heavy atom. The number of rotatable bonds is 7. The van der Waals surface area contributed by atoms with Gasteiger partial charge >= 0.3 is 0 Å². The van der Waals surface area contributed by atoms with Crippen molar-refractivity contribution in [3.05, 3.63) is 0 Å². The van der Waals surface area contributed by atoms with Gasteiger partial charge in [-0.15, -0.1) is 0 Å². The second-order valence-electron chi connectivity index (χ2n) is 3.51. The first-order valence-electron chi connectivity index (χ1n) is 5.94. The Labute approximate surface area is 99.9 Å². The highest BCUT2D eigenvalue weighted by Gasteiger charge is 2.09. The Morgan fingerprint density at radius 3 is 1.62 bits per heavy atom. The normalized spacial score (nSPS) is 12.8. The van der Waals surface area contributed by atoms with E-state index in [4.69, 9.17) is 15.3 Å². The molecule has 0 aliphatic carbocycles. The lowest BCUT2D eigenvalue weighted by atomic mass is 10.1. The second kappa shape index (κ2) is 20.3. The molecular formula is C12H30O4. The molecular weight excluding hydrogens is 208 g/mol. The summed E-state index contributed by atoms with van der Waals surface area (Å²) in [6, 6.07) is 0. The maximum absolute atomic E-state index is 9.23. The van der Waals surface area contributed by atoms with E-state index in [1.54, 1.807) is 6.92 Å². The van der Waals surface area contributed by atoms with Gasteiger partial charge in [-0.3, -0.25) is 0 Å². The minimum atomic E-state index is -0.573. The molecule has 0 bridgehead atoms. The Balaban J connectivity index is -0.000000376. The van der Waals surface area contributed by atoms with Crippen LogP contribution in [0.15, 0.2) is 0 Å². The molecule has 0 saturated heterocycles. The van der Waals surface area contributed by atoms with Crippen LogP contribution < -0.4 is 0 Å². The van der Waals surface area contributed by atoms with E-state index >= 15 is 0 Å². The minimum Gasteiger partial charge on any atom is -0.400 e. The van der Waals surface area contributed by atoms with Gasteiger partial charge in [-0.2, -0.15) is 0 Å². The van der Waals surface area contributed by atoms with Crippen LogP contribution >= 0.6 is 0 Å². The maximum Gasteiger partial charge on any atom is 0.0796 e. The van der Waals surface area contributed by atoms with Crippen LogP contribution in [-0.4, -0.2) is 46.9 Å².